The summed E-state index contributed by atoms with van der Waals surface area (Å²) >= 11 is 0. The van der Waals surface area contributed by atoms with Crippen LogP contribution in [0.1, 0.15) is 5.56 Å². The van der Waals surface area contributed by atoms with Gasteiger partial charge in [-0.2, -0.15) is 0 Å². The average Bonchev–Trinajstić information content (AvgIpc) is 2.11. The lowest BCUT2D eigenvalue weighted by molar-refractivity contribution is -0.138. The zero-order valence-corrected chi connectivity index (χ0v) is 7.34. The van der Waals surface area contributed by atoms with Gasteiger partial charge < -0.3 is 21.1 Å². The molecule has 0 saturated heterocycles. The molecule has 1 atom stereocenters. The number of phenols is 2. The number of aliphatic carboxylic acids is 1. The highest BCUT2D eigenvalue weighted by Gasteiger charge is 2.12. The van der Waals surface area contributed by atoms with Crippen LogP contribution in [0.15, 0.2) is 18.2 Å². The molecule has 0 spiro atoms. The Balaban J connectivity index is 2.78. The first kappa shape index (κ1) is 10.3. The number of rotatable bonds is 3. The maximum absolute atomic E-state index is 10.4. The summed E-state index contributed by atoms with van der Waals surface area (Å²) in [6.07, 6.45) is 0.114. The minimum absolute atomic E-state index is 0.114. The van der Waals surface area contributed by atoms with E-state index in [1.54, 1.807) is 0 Å². The second-order valence-corrected chi connectivity index (χ2v) is 2.97. The molecule has 0 saturated carbocycles. The highest BCUT2D eigenvalue weighted by atomic mass is 16.4. The van der Waals surface area contributed by atoms with E-state index >= 15 is 0 Å². The maximum atomic E-state index is 10.4. The van der Waals surface area contributed by atoms with Gasteiger partial charge in [-0.25, -0.2) is 0 Å². The van der Waals surface area contributed by atoms with Crippen LogP contribution in [0.25, 0.3) is 0 Å². The van der Waals surface area contributed by atoms with Gasteiger partial charge in [-0.15, -0.1) is 0 Å². The van der Waals surface area contributed by atoms with Gasteiger partial charge in [-0.3, -0.25) is 4.79 Å². The molecule has 0 bridgehead atoms. The standard InChI is InChI=1S/C9H11NO4/c10-6(9(13)14)3-5-1-2-7(11)8(12)4-5/h1-2,4,6,11-12H,3,10H2,(H,13,14)/t6-/m0/s1/i4+1,5+1. The number of hydrogen-bond donors (Lipinski definition) is 4. The molecule has 0 amide bonds. The van der Waals surface area contributed by atoms with Gasteiger partial charge in [-0.1, -0.05) is 6.07 Å². The molecule has 0 aromatic heterocycles. The molecule has 14 heavy (non-hydrogen) atoms. The second-order valence-electron chi connectivity index (χ2n) is 2.97. The summed E-state index contributed by atoms with van der Waals surface area (Å²) < 4.78 is 0. The van der Waals surface area contributed by atoms with Crippen LogP contribution in [0.3, 0.4) is 0 Å². The highest BCUT2D eigenvalue weighted by molar-refractivity contribution is 5.73. The third kappa shape index (κ3) is 2.37. The third-order valence-corrected chi connectivity index (χ3v) is 1.81. The zero-order valence-electron chi connectivity index (χ0n) is 7.34. The molecule has 0 heterocycles. The van der Waals surface area contributed by atoms with Crippen LogP contribution in [0.5, 0.6) is 11.5 Å². The summed E-state index contributed by atoms with van der Waals surface area (Å²) in [5.41, 5.74) is 5.86. The van der Waals surface area contributed by atoms with Gasteiger partial charge in [0, 0.05) is 0 Å². The van der Waals surface area contributed by atoms with Gasteiger partial charge in [-0.05, 0) is 24.1 Å². The summed E-state index contributed by atoms with van der Waals surface area (Å²) in [5.74, 6) is -1.62. The maximum Gasteiger partial charge on any atom is 0.320 e. The molecular weight excluding hydrogens is 188 g/mol. The van der Waals surface area contributed by atoms with Crippen molar-refractivity contribution in [2.24, 2.45) is 5.73 Å². The van der Waals surface area contributed by atoms with E-state index in [9.17, 15) is 4.79 Å². The number of carbonyl (C=O) groups is 1. The summed E-state index contributed by atoms with van der Waals surface area (Å²) in [7, 11) is 0. The predicted octanol–water partition coefficient (Wildman–Crippen LogP) is 0.0522. The SMILES string of the molecule is N[C@@H](C[13c]1ccc(O)c(O)[13cH]1)C(=O)O. The molecule has 0 radical (unpaired) electrons. The Morgan fingerprint density at radius 1 is 1.36 bits per heavy atom. The first-order valence-electron chi connectivity index (χ1n) is 4.00. The fraction of sp³-hybridized carbons (Fsp3) is 0.222. The summed E-state index contributed by atoms with van der Waals surface area (Å²) in [5, 5.41) is 26.6. The number of aromatic hydroxyl groups is 2. The van der Waals surface area contributed by atoms with Crippen molar-refractivity contribution in [1.82, 2.24) is 0 Å². The van der Waals surface area contributed by atoms with Crippen LogP contribution >= 0.6 is 0 Å². The monoisotopic (exact) mass is 199 g/mol. The molecule has 0 aliphatic heterocycles. The van der Waals surface area contributed by atoms with E-state index in [0.717, 1.165) is 0 Å². The van der Waals surface area contributed by atoms with Crippen molar-refractivity contribution in [3.05, 3.63) is 23.8 Å². The summed E-state index contributed by atoms with van der Waals surface area (Å²) in [6, 6.07) is 3.09. The van der Waals surface area contributed by atoms with Crippen LogP contribution in [-0.2, 0) is 11.2 Å². The first-order valence-corrected chi connectivity index (χ1v) is 4.00. The van der Waals surface area contributed by atoms with Crippen LogP contribution in [0.4, 0.5) is 0 Å². The molecule has 5 heteroatoms. The van der Waals surface area contributed by atoms with Crippen LogP contribution in [0, 0.1) is 0 Å². The van der Waals surface area contributed by atoms with Gasteiger partial charge in [0.25, 0.3) is 0 Å². The number of hydrogen-bond acceptors (Lipinski definition) is 4. The van der Waals surface area contributed by atoms with Crippen molar-refractivity contribution in [3.8, 4) is 11.5 Å². The lowest BCUT2D eigenvalue weighted by Gasteiger charge is -2.06. The molecule has 1 aromatic carbocycles. The van der Waals surface area contributed by atoms with E-state index < -0.39 is 12.0 Å². The fourth-order valence-electron chi connectivity index (χ4n) is 1.04. The Labute approximate surface area is 80.4 Å². The molecule has 1 rings (SSSR count). The van der Waals surface area contributed by atoms with Crippen molar-refractivity contribution in [3.63, 3.8) is 0 Å². The Morgan fingerprint density at radius 2 is 2.00 bits per heavy atom. The van der Waals surface area contributed by atoms with E-state index in [-0.39, 0.29) is 17.9 Å². The molecule has 0 aliphatic carbocycles. The number of phenolic OH excluding ortho intramolecular Hbond substituents is 2. The van der Waals surface area contributed by atoms with Crippen molar-refractivity contribution in [2.45, 2.75) is 12.5 Å². The van der Waals surface area contributed by atoms with Gasteiger partial charge in [0.05, 0.1) is 0 Å². The normalized spacial score (nSPS) is 12.4. The van der Waals surface area contributed by atoms with Crippen LogP contribution in [-0.4, -0.2) is 27.3 Å². The molecule has 76 valence electrons. The number of nitrogens with two attached hydrogens (primary N) is 1. The van der Waals surface area contributed by atoms with Gasteiger partial charge in [0.15, 0.2) is 11.5 Å². The van der Waals surface area contributed by atoms with Gasteiger partial charge in [0.1, 0.15) is 6.04 Å². The van der Waals surface area contributed by atoms with Crippen LogP contribution < -0.4 is 5.73 Å². The van der Waals surface area contributed by atoms with E-state index in [2.05, 4.69) is 0 Å². The average molecular weight is 199 g/mol. The lowest BCUT2D eigenvalue weighted by Crippen LogP contribution is -2.32. The van der Waals surface area contributed by atoms with E-state index in [4.69, 9.17) is 21.1 Å². The number of carboxylic acids is 1. The van der Waals surface area contributed by atoms with Crippen molar-refractivity contribution >= 4 is 5.97 Å². The fourth-order valence-corrected chi connectivity index (χ4v) is 1.04. The van der Waals surface area contributed by atoms with E-state index in [1.807, 2.05) is 0 Å². The molecule has 0 unspecified atom stereocenters. The van der Waals surface area contributed by atoms with Gasteiger partial charge in [0.2, 0.25) is 0 Å². The third-order valence-electron chi connectivity index (χ3n) is 1.81. The Kier molecular flexibility index (Phi) is 2.93. The molecule has 5 nitrogen and oxygen atoms in total. The quantitative estimate of drug-likeness (QED) is 0.515. The first-order chi connectivity index (χ1) is 6.50. The van der Waals surface area contributed by atoms with E-state index in [1.165, 1.54) is 18.2 Å². The lowest BCUT2D eigenvalue weighted by atomic mass is 10.2. The van der Waals surface area contributed by atoms with Gasteiger partial charge >= 0.3 is 5.97 Å². The molecular formula is C9H11NO4. The van der Waals surface area contributed by atoms with Crippen molar-refractivity contribution in [1.29, 1.82) is 0 Å². The smallest absolute Gasteiger partial charge is 0.320 e. The van der Waals surface area contributed by atoms with Crippen molar-refractivity contribution < 1.29 is 20.1 Å². The number of carboxylic acid groups (broad SMARTS) is 1. The predicted molar refractivity (Wildman–Crippen MR) is 49.1 cm³/mol. The second kappa shape index (κ2) is 3.97. The minimum Gasteiger partial charge on any atom is -0.504 e. The number of benzene rings is 1. The molecule has 0 aliphatic rings. The summed E-state index contributed by atoms with van der Waals surface area (Å²) in [4.78, 5) is 10.4. The Bertz CT molecular complexity index is 351. The topological polar surface area (TPSA) is 104 Å². The molecule has 5 N–H and O–H groups in total. The molecule has 1 aromatic rings. The Morgan fingerprint density at radius 3 is 2.50 bits per heavy atom. The minimum atomic E-state index is -1.10. The van der Waals surface area contributed by atoms with Crippen LogP contribution in [0.2, 0.25) is 0 Å². The van der Waals surface area contributed by atoms with E-state index in [0.29, 0.717) is 5.56 Å². The molecule has 0 fully saturated rings. The van der Waals surface area contributed by atoms with Crippen molar-refractivity contribution in [2.75, 3.05) is 0 Å². The highest BCUT2D eigenvalue weighted by Crippen LogP contribution is 2.25. The summed E-state index contributed by atoms with van der Waals surface area (Å²) in [6.45, 7) is 0. The largest absolute Gasteiger partial charge is 0.504 e. The Hall–Kier alpha value is -1.75. The zero-order chi connectivity index (χ0) is 10.7.